The number of nitrogens with one attached hydrogen (secondary N) is 1. The van der Waals surface area contributed by atoms with Crippen molar-refractivity contribution in [2.75, 3.05) is 0 Å². The van der Waals surface area contributed by atoms with Gasteiger partial charge in [0.1, 0.15) is 0 Å². The van der Waals surface area contributed by atoms with Crippen molar-refractivity contribution in [2.24, 2.45) is 0 Å². The normalized spacial score (nSPS) is 13.8. The third kappa shape index (κ3) is 3.57. The van der Waals surface area contributed by atoms with Gasteiger partial charge in [0.25, 0.3) is 0 Å². The van der Waals surface area contributed by atoms with Crippen LogP contribution < -0.4 is 4.72 Å². The highest BCUT2D eigenvalue weighted by atomic mass is 32.2. The summed E-state index contributed by atoms with van der Waals surface area (Å²) in [6.07, 6.45) is 3.21. The van der Waals surface area contributed by atoms with Crippen LogP contribution in [0.25, 0.3) is 0 Å². The first-order valence-corrected chi connectivity index (χ1v) is 7.75. The van der Waals surface area contributed by atoms with Gasteiger partial charge in [0, 0.05) is 24.5 Å². The minimum Gasteiger partial charge on any atom is -0.390 e. The van der Waals surface area contributed by atoms with E-state index in [0.29, 0.717) is 12.2 Å². The first-order valence-electron chi connectivity index (χ1n) is 6.26. The molecule has 1 heterocycles. The van der Waals surface area contributed by atoms with E-state index in [4.69, 9.17) is 0 Å². The maximum absolute atomic E-state index is 12.1. The molecule has 0 aromatic carbocycles. The molecule has 1 rings (SSSR count). The molecule has 0 aliphatic heterocycles. The molecule has 104 valence electrons. The minimum atomic E-state index is -3.48. The van der Waals surface area contributed by atoms with Crippen LogP contribution in [0.2, 0.25) is 0 Å². The van der Waals surface area contributed by atoms with Gasteiger partial charge in [0.2, 0.25) is 10.0 Å². The standard InChI is InChI=1S/C12H22N2O3S/c1-4-6-14-8-12(7-11(14)9-15)18(16,17)13-10(3)5-2/h7-8,10,13,15H,4-6,9H2,1-3H3. The molecule has 1 atom stereocenters. The van der Waals surface area contributed by atoms with Crippen molar-refractivity contribution in [2.45, 2.75) is 57.7 Å². The van der Waals surface area contributed by atoms with Crippen molar-refractivity contribution in [1.29, 1.82) is 0 Å². The Morgan fingerprint density at radius 2 is 2.11 bits per heavy atom. The van der Waals surface area contributed by atoms with Crippen LogP contribution in [0.3, 0.4) is 0 Å². The van der Waals surface area contributed by atoms with E-state index in [1.165, 1.54) is 6.07 Å². The summed E-state index contributed by atoms with van der Waals surface area (Å²) in [6, 6.07) is 1.43. The minimum absolute atomic E-state index is 0.0953. The highest BCUT2D eigenvalue weighted by Crippen LogP contribution is 2.16. The van der Waals surface area contributed by atoms with Gasteiger partial charge in [-0.3, -0.25) is 0 Å². The number of aryl methyl sites for hydroxylation is 1. The molecule has 1 aromatic heterocycles. The molecule has 0 aliphatic rings. The predicted molar refractivity (Wildman–Crippen MR) is 70.7 cm³/mol. The van der Waals surface area contributed by atoms with Gasteiger partial charge >= 0.3 is 0 Å². The lowest BCUT2D eigenvalue weighted by atomic mass is 10.3. The van der Waals surface area contributed by atoms with E-state index < -0.39 is 10.0 Å². The summed E-state index contributed by atoms with van der Waals surface area (Å²) in [5.41, 5.74) is 0.626. The van der Waals surface area contributed by atoms with Crippen LogP contribution in [-0.2, 0) is 23.2 Å². The second kappa shape index (κ2) is 6.36. The Balaban J connectivity index is 3.02. The highest BCUT2D eigenvalue weighted by molar-refractivity contribution is 7.89. The molecule has 6 heteroatoms. The molecule has 1 unspecified atom stereocenters. The number of sulfonamides is 1. The van der Waals surface area contributed by atoms with E-state index in [-0.39, 0.29) is 17.5 Å². The Morgan fingerprint density at radius 3 is 2.61 bits per heavy atom. The Bertz CT molecular complexity index is 480. The van der Waals surface area contributed by atoms with Crippen LogP contribution in [0.1, 0.15) is 39.3 Å². The lowest BCUT2D eigenvalue weighted by Gasteiger charge is -2.10. The highest BCUT2D eigenvalue weighted by Gasteiger charge is 2.19. The topological polar surface area (TPSA) is 71.3 Å². The van der Waals surface area contributed by atoms with E-state index in [0.717, 1.165) is 12.8 Å². The lowest BCUT2D eigenvalue weighted by Crippen LogP contribution is -2.31. The lowest BCUT2D eigenvalue weighted by molar-refractivity contribution is 0.270. The molecule has 0 fully saturated rings. The number of hydrogen-bond acceptors (Lipinski definition) is 3. The zero-order valence-electron chi connectivity index (χ0n) is 11.2. The van der Waals surface area contributed by atoms with Gasteiger partial charge in [-0.05, 0) is 25.8 Å². The largest absolute Gasteiger partial charge is 0.390 e. The van der Waals surface area contributed by atoms with Crippen LogP contribution in [-0.4, -0.2) is 24.1 Å². The monoisotopic (exact) mass is 274 g/mol. The molecule has 0 saturated carbocycles. The van der Waals surface area contributed by atoms with E-state index in [1.807, 2.05) is 20.8 Å². The fourth-order valence-electron chi connectivity index (χ4n) is 1.67. The molecule has 18 heavy (non-hydrogen) atoms. The van der Waals surface area contributed by atoms with Crippen LogP contribution in [0, 0.1) is 0 Å². The van der Waals surface area contributed by atoms with E-state index in [1.54, 1.807) is 10.8 Å². The van der Waals surface area contributed by atoms with Gasteiger partial charge in [-0.15, -0.1) is 0 Å². The molecule has 5 nitrogen and oxygen atoms in total. The summed E-state index contributed by atoms with van der Waals surface area (Å²) in [7, 11) is -3.48. The van der Waals surface area contributed by atoms with Gasteiger partial charge in [0.15, 0.2) is 0 Å². The number of nitrogens with zero attached hydrogens (tertiary/aromatic N) is 1. The van der Waals surface area contributed by atoms with Gasteiger partial charge in [-0.25, -0.2) is 13.1 Å². The quantitative estimate of drug-likeness (QED) is 0.791. The Labute approximate surface area is 109 Å². The predicted octanol–water partition coefficient (Wildman–Crippen LogP) is 1.47. The number of aromatic nitrogens is 1. The summed E-state index contributed by atoms with van der Waals surface area (Å²) < 4.78 is 28.6. The second-order valence-electron chi connectivity index (χ2n) is 4.45. The Hall–Kier alpha value is -0.850. The Morgan fingerprint density at radius 1 is 1.44 bits per heavy atom. The number of aliphatic hydroxyl groups excluding tert-OH is 1. The first-order chi connectivity index (χ1) is 8.44. The fraction of sp³-hybridized carbons (Fsp3) is 0.667. The first kappa shape index (κ1) is 15.2. The number of aliphatic hydroxyl groups is 1. The number of hydrogen-bond donors (Lipinski definition) is 2. The fourth-order valence-corrected chi connectivity index (χ4v) is 3.06. The molecule has 0 spiro atoms. The molecule has 0 bridgehead atoms. The molecule has 0 amide bonds. The third-order valence-corrected chi connectivity index (χ3v) is 4.42. The molecule has 2 N–H and O–H groups in total. The van der Waals surface area contributed by atoms with Crippen LogP contribution in [0.15, 0.2) is 17.2 Å². The van der Waals surface area contributed by atoms with E-state index in [9.17, 15) is 13.5 Å². The van der Waals surface area contributed by atoms with Crippen molar-refractivity contribution < 1.29 is 13.5 Å². The van der Waals surface area contributed by atoms with E-state index >= 15 is 0 Å². The van der Waals surface area contributed by atoms with Crippen molar-refractivity contribution >= 4 is 10.0 Å². The SMILES string of the molecule is CCCn1cc(S(=O)(=O)NC(C)CC)cc1CO. The summed E-state index contributed by atoms with van der Waals surface area (Å²) in [4.78, 5) is 0.223. The van der Waals surface area contributed by atoms with Crippen molar-refractivity contribution in [3.63, 3.8) is 0 Å². The maximum atomic E-state index is 12.1. The second-order valence-corrected chi connectivity index (χ2v) is 6.16. The summed E-state index contributed by atoms with van der Waals surface area (Å²) in [6.45, 7) is 6.31. The summed E-state index contributed by atoms with van der Waals surface area (Å²) >= 11 is 0. The van der Waals surface area contributed by atoms with Crippen LogP contribution >= 0.6 is 0 Å². The molecule has 0 radical (unpaired) electrons. The van der Waals surface area contributed by atoms with Crippen LogP contribution in [0.5, 0.6) is 0 Å². The van der Waals surface area contributed by atoms with Gasteiger partial charge in [0.05, 0.1) is 11.5 Å². The molecule has 1 aromatic rings. The van der Waals surface area contributed by atoms with Gasteiger partial charge in [-0.2, -0.15) is 0 Å². The molecule has 0 saturated heterocycles. The van der Waals surface area contributed by atoms with Crippen molar-refractivity contribution in [3.8, 4) is 0 Å². The van der Waals surface area contributed by atoms with Gasteiger partial charge < -0.3 is 9.67 Å². The Kier molecular flexibility index (Phi) is 5.37. The zero-order valence-corrected chi connectivity index (χ0v) is 12.0. The molecular formula is C12H22N2O3S. The van der Waals surface area contributed by atoms with Crippen molar-refractivity contribution in [3.05, 3.63) is 18.0 Å². The van der Waals surface area contributed by atoms with Gasteiger partial charge in [-0.1, -0.05) is 13.8 Å². The summed E-state index contributed by atoms with van der Waals surface area (Å²) in [5, 5.41) is 9.22. The average Bonchev–Trinajstić information content (AvgIpc) is 2.73. The number of rotatable bonds is 7. The smallest absolute Gasteiger partial charge is 0.242 e. The summed E-state index contributed by atoms with van der Waals surface area (Å²) in [5.74, 6) is 0. The van der Waals surface area contributed by atoms with Crippen molar-refractivity contribution in [1.82, 2.24) is 9.29 Å². The average molecular weight is 274 g/mol. The van der Waals surface area contributed by atoms with Crippen LogP contribution in [0.4, 0.5) is 0 Å². The zero-order chi connectivity index (χ0) is 13.8. The molecular weight excluding hydrogens is 252 g/mol. The maximum Gasteiger partial charge on any atom is 0.242 e. The molecule has 0 aliphatic carbocycles. The third-order valence-electron chi connectivity index (χ3n) is 2.87. The van der Waals surface area contributed by atoms with E-state index in [2.05, 4.69) is 4.72 Å².